The average molecular weight is 308 g/mol. The van der Waals surface area contributed by atoms with Gasteiger partial charge in [-0.25, -0.2) is 0 Å². The molecule has 0 aliphatic carbocycles. The Balaban J connectivity index is 1.63. The van der Waals surface area contributed by atoms with Crippen LogP contribution in [0.5, 0.6) is 0 Å². The molecule has 0 radical (unpaired) electrons. The summed E-state index contributed by atoms with van der Waals surface area (Å²) in [6, 6.07) is 13.1. The van der Waals surface area contributed by atoms with Crippen molar-refractivity contribution in [3.63, 3.8) is 0 Å². The minimum absolute atomic E-state index is 0.0470. The number of ether oxygens (including phenoxy) is 1. The van der Waals surface area contributed by atoms with Gasteiger partial charge in [-0.3, -0.25) is 4.79 Å². The molecule has 21 heavy (non-hydrogen) atoms. The standard InChI is InChI=1S/C16H18ClNO3/c1-12(13-6-3-2-4-7-13)20-11-5-10-18-16(19)14-8-9-15(17)21-14/h2-4,6-9,12H,5,10-11H2,1H3,(H,18,19)/t12-/m1/s1. The number of halogens is 1. The second-order valence-corrected chi connectivity index (χ2v) is 5.01. The van der Waals surface area contributed by atoms with Gasteiger partial charge in [-0.2, -0.15) is 0 Å². The Hall–Kier alpha value is -1.78. The van der Waals surface area contributed by atoms with Crippen LogP contribution in [0.15, 0.2) is 46.9 Å². The van der Waals surface area contributed by atoms with Gasteiger partial charge in [0.1, 0.15) is 0 Å². The number of rotatable bonds is 7. The Morgan fingerprint density at radius 3 is 2.71 bits per heavy atom. The molecule has 1 N–H and O–H groups in total. The van der Waals surface area contributed by atoms with Gasteiger partial charge in [0.25, 0.3) is 5.91 Å². The minimum atomic E-state index is -0.266. The van der Waals surface area contributed by atoms with Crippen LogP contribution in [0.4, 0.5) is 0 Å². The van der Waals surface area contributed by atoms with Crippen molar-refractivity contribution in [3.8, 4) is 0 Å². The number of furan rings is 1. The third-order valence-corrected chi connectivity index (χ3v) is 3.24. The summed E-state index contributed by atoms with van der Waals surface area (Å²) in [5, 5.41) is 2.96. The summed E-state index contributed by atoms with van der Waals surface area (Å²) in [7, 11) is 0. The first kappa shape index (κ1) is 15.6. The summed E-state index contributed by atoms with van der Waals surface area (Å²) >= 11 is 5.61. The smallest absolute Gasteiger partial charge is 0.287 e. The average Bonchev–Trinajstić information content (AvgIpc) is 2.94. The summed E-state index contributed by atoms with van der Waals surface area (Å²) in [5.74, 6) is -0.0448. The zero-order valence-electron chi connectivity index (χ0n) is 11.8. The van der Waals surface area contributed by atoms with Gasteiger partial charge in [-0.15, -0.1) is 0 Å². The van der Waals surface area contributed by atoms with E-state index in [1.807, 2.05) is 37.3 Å². The molecule has 0 spiro atoms. The largest absolute Gasteiger partial charge is 0.440 e. The van der Waals surface area contributed by atoms with E-state index in [1.54, 1.807) is 12.1 Å². The van der Waals surface area contributed by atoms with Crippen LogP contribution in [0.3, 0.4) is 0 Å². The molecule has 0 aliphatic rings. The third-order valence-electron chi connectivity index (χ3n) is 3.04. The minimum Gasteiger partial charge on any atom is -0.440 e. The van der Waals surface area contributed by atoms with Crippen LogP contribution in [-0.2, 0) is 4.74 Å². The molecule has 4 nitrogen and oxygen atoms in total. The Bertz CT molecular complexity index is 568. The lowest BCUT2D eigenvalue weighted by atomic mass is 10.1. The SMILES string of the molecule is C[C@@H](OCCCNC(=O)c1ccc(Cl)o1)c1ccccc1. The number of nitrogens with one attached hydrogen (secondary N) is 1. The normalized spacial score (nSPS) is 12.1. The van der Waals surface area contributed by atoms with E-state index < -0.39 is 0 Å². The predicted molar refractivity (Wildman–Crippen MR) is 81.5 cm³/mol. The highest BCUT2D eigenvalue weighted by Gasteiger charge is 2.09. The van der Waals surface area contributed by atoms with Crippen molar-refractivity contribution in [1.82, 2.24) is 5.32 Å². The number of hydrogen-bond donors (Lipinski definition) is 1. The molecule has 1 atom stereocenters. The Labute approximate surface area is 129 Å². The first-order valence-electron chi connectivity index (χ1n) is 6.87. The van der Waals surface area contributed by atoms with Crippen molar-refractivity contribution in [2.24, 2.45) is 0 Å². The van der Waals surface area contributed by atoms with Crippen LogP contribution >= 0.6 is 11.6 Å². The monoisotopic (exact) mass is 307 g/mol. The zero-order chi connectivity index (χ0) is 15.1. The van der Waals surface area contributed by atoms with Gasteiger partial charge in [0.2, 0.25) is 0 Å². The van der Waals surface area contributed by atoms with Crippen LogP contribution in [0.2, 0.25) is 5.22 Å². The van der Waals surface area contributed by atoms with Gasteiger partial charge in [0, 0.05) is 13.2 Å². The van der Waals surface area contributed by atoms with E-state index >= 15 is 0 Å². The van der Waals surface area contributed by atoms with Crippen LogP contribution in [-0.4, -0.2) is 19.1 Å². The van der Waals surface area contributed by atoms with Crippen molar-refractivity contribution in [2.45, 2.75) is 19.4 Å². The number of amides is 1. The van der Waals surface area contributed by atoms with E-state index in [1.165, 1.54) is 0 Å². The van der Waals surface area contributed by atoms with Gasteiger partial charge in [-0.1, -0.05) is 30.3 Å². The van der Waals surface area contributed by atoms with Crippen LogP contribution in [0.25, 0.3) is 0 Å². The fraction of sp³-hybridized carbons (Fsp3) is 0.312. The van der Waals surface area contributed by atoms with E-state index in [9.17, 15) is 4.79 Å². The molecular formula is C16H18ClNO3. The highest BCUT2D eigenvalue weighted by atomic mass is 35.5. The molecule has 5 heteroatoms. The van der Waals surface area contributed by atoms with E-state index in [-0.39, 0.29) is 23.0 Å². The molecule has 0 fully saturated rings. The summed E-state index contributed by atoms with van der Waals surface area (Å²) in [4.78, 5) is 11.7. The molecule has 2 rings (SSSR count). The molecular weight excluding hydrogens is 290 g/mol. The lowest BCUT2D eigenvalue weighted by Crippen LogP contribution is -2.24. The summed E-state index contributed by atoms with van der Waals surface area (Å²) in [6.07, 6.45) is 0.781. The van der Waals surface area contributed by atoms with Crippen LogP contribution in [0, 0.1) is 0 Å². The van der Waals surface area contributed by atoms with Gasteiger partial charge < -0.3 is 14.5 Å². The molecule has 1 amide bonds. The lowest BCUT2D eigenvalue weighted by molar-refractivity contribution is 0.0633. The van der Waals surface area contributed by atoms with Crippen molar-refractivity contribution in [1.29, 1.82) is 0 Å². The molecule has 0 bridgehead atoms. The van der Waals surface area contributed by atoms with Gasteiger partial charge in [0.05, 0.1) is 6.10 Å². The molecule has 2 aromatic rings. The quantitative estimate of drug-likeness (QED) is 0.791. The van der Waals surface area contributed by atoms with Crippen LogP contribution in [0.1, 0.15) is 35.6 Å². The zero-order valence-corrected chi connectivity index (χ0v) is 12.6. The molecule has 0 saturated heterocycles. The number of carbonyl (C=O) groups is 1. The van der Waals surface area contributed by atoms with E-state index in [4.69, 9.17) is 20.8 Å². The number of hydrogen-bond acceptors (Lipinski definition) is 3. The Morgan fingerprint density at radius 2 is 2.05 bits per heavy atom. The molecule has 112 valence electrons. The maximum Gasteiger partial charge on any atom is 0.287 e. The maximum atomic E-state index is 11.7. The van der Waals surface area contributed by atoms with Crippen molar-refractivity contribution < 1.29 is 13.9 Å². The molecule has 1 aromatic heterocycles. The molecule has 0 saturated carbocycles. The van der Waals surface area contributed by atoms with E-state index in [0.717, 1.165) is 12.0 Å². The molecule has 1 heterocycles. The van der Waals surface area contributed by atoms with Gasteiger partial charge in [-0.05, 0) is 42.6 Å². The number of benzene rings is 1. The molecule has 1 aromatic carbocycles. The fourth-order valence-corrected chi connectivity index (χ4v) is 2.02. The highest BCUT2D eigenvalue weighted by Crippen LogP contribution is 2.16. The maximum absolute atomic E-state index is 11.7. The lowest BCUT2D eigenvalue weighted by Gasteiger charge is -2.13. The van der Waals surface area contributed by atoms with Crippen molar-refractivity contribution in [2.75, 3.05) is 13.2 Å². The topological polar surface area (TPSA) is 51.5 Å². The second kappa shape index (κ2) is 7.86. The van der Waals surface area contributed by atoms with Crippen molar-refractivity contribution >= 4 is 17.5 Å². The number of carbonyl (C=O) groups excluding carboxylic acids is 1. The van der Waals surface area contributed by atoms with Gasteiger partial charge in [0.15, 0.2) is 11.0 Å². The summed E-state index contributed by atoms with van der Waals surface area (Å²) in [6.45, 7) is 3.12. The van der Waals surface area contributed by atoms with E-state index in [2.05, 4.69) is 5.32 Å². The Kier molecular flexibility index (Phi) is 5.84. The van der Waals surface area contributed by atoms with Crippen LogP contribution < -0.4 is 5.32 Å². The Morgan fingerprint density at radius 1 is 1.29 bits per heavy atom. The first-order valence-corrected chi connectivity index (χ1v) is 7.24. The van der Waals surface area contributed by atoms with Gasteiger partial charge >= 0.3 is 0 Å². The highest BCUT2D eigenvalue weighted by molar-refractivity contribution is 6.29. The van der Waals surface area contributed by atoms with Crippen molar-refractivity contribution in [3.05, 3.63) is 59.0 Å². The second-order valence-electron chi connectivity index (χ2n) is 4.64. The molecule has 0 unspecified atom stereocenters. The summed E-state index contributed by atoms with van der Waals surface area (Å²) in [5.41, 5.74) is 1.15. The van der Waals surface area contributed by atoms with E-state index in [0.29, 0.717) is 13.2 Å². The predicted octanol–water partition coefficient (Wildman–Crippen LogP) is 3.83. The fourth-order valence-electron chi connectivity index (χ4n) is 1.88. The first-order chi connectivity index (χ1) is 10.2. The summed E-state index contributed by atoms with van der Waals surface area (Å²) < 4.78 is 10.7. The molecule has 0 aliphatic heterocycles. The third kappa shape index (κ3) is 4.92.